The Morgan fingerprint density at radius 3 is 2.53 bits per heavy atom. The van der Waals surface area contributed by atoms with E-state index in [1.54, 1.807) is 12.4 Å². The monoisotopic (exact) mass is 257 g/mol. The Morgan fingerprint density at radius 2 is 1.89 bits per heavy atom. The summed E-state index contributed by atoms with van der Waals surface area (Å²) in [6, 6.07) is 3.99. The van der Waals surface area contributed by atoms with Crippen molar-refractivity contribution in [2.24, 2.45) is 0 Å². The Balaban J connectivity index is 2.29. The van der Waals surface area contributed by atoms with Gasteiger partial charge in [-0.05, 0) is 23.6 Å². The Hall–Kier alpha value is -2.17. The molecule has 0 saturated carbocycles. The van der Waals surface area contributed by atoms with Gasteiger partial charge in [0.25, 0.3) is 0 Å². The summed E-state index contributed by atoms with van der Waals surface area (Å²) < 4.78 is 0. The van der Waals surface area contributed by atoms with Gasteiger partial charge in [0.15, 0.2) is 0 Å². The van der Waals surface area contributed by atoms with Crippen LogP contribution in [0.2, 0.25) is 0 Å². The molecule has 2 N–H and O–H groups in total. The van der Waals surface area contributed by atoms with Crippen molar-refractivity contribution in [1.82, 2.24) is 15.0 Å². The largest absolute Gasteiger partial charge is 0.383 e. The van der Waals surface area contributed by atoms with E-state index >= 15 is 0 Å². The van der Waals surface area contributed by atoms with Crippen LogP contribution in [0.15, 0.2) is 30.9 Å². The Morgan fingerprint density at radius 1 is 1.21 bits per heavy atom. The molecule has 0 radical (unpaired) electrons. The van der Waals surface area contributed by atoms with Gasteiger partial charge >= 0.3 is 0 Å². The number of hydrogen-bond donors (Lipinski definition) is 1. The quantitative estimate of drug-likeness (QED) is 0.909. The highest BCUT2D eigenvalue weighted by atomic mass is 15.2. The third-order valence-corrected chi connectivity index (χ3v) is 3.00. The highest BCUT2D eigenvalue weighted by Gasteiger charge is 2.16. The van der Waals surface area contributed by atoms with Crippen molar-refractivity contribution >= 4 is 11.6 Å². The maximum Gasteiger partial charge on any atom is 0.137 e. The topological polar surface area (TPSA) is 67.9 Å². The van der Waals surface area contributed by atoms with E-state index in [0.717, 1.165) is 17.9 Å². The van der Waals surface area contributed by atoms with Crippen LogP contribution in [-0.4, -0.2) is 22.0 Å². The molecule has 0 aliphatic rings. The number of pyridine rings is 1. The van der Waals surface area contributed by atoms with Crippen LogP contribution in [-0.2, 0) is 6.54 Å². The summed E-state index contributed by atoms with van der Waals surface area (Å²) >= 11 is 0. The van der Waals surface area contributed by atoms with E-state index in [0.29, 0.717) is 5.82 Å². The summed E-state index contributed by atoms with van der Waals surface area (Å²) in [5.41, 5.74) is 8.15. The molecule has 5 heteroatoms. The summed E-state index contributed by atoms with van der Waals surface area (Å²) in [6.07, 6.45) is 5.10. The average Bonchev–Trinajstić information content (AvgIpc) is 2.39. The molecule has 0 aromatic carbocycles. The molecule has 2 aromatic rings. The van der Waals surface area contributed by atoms with Gasteiger partial charge in [0.2, 0.25) is 0 Å². The molecule has 0 saturated heterocycles. The maximum atomic E-state index is 5.97. The lowest BCUT2D eigenvalue weighted by Gasteiger charge is -2.23. The maximum absolute atomic E-state index is 5.97. The van der Waals surface area contributed by atoms with Gasteiger partial charge in [-0.15, -0.1) is 0 Å². The molecule has 0 aliphatic carbocycles. The molecule has 19 heavy (non-hydrogen) atoms. The van der Waals surface area contributed by atoms with Gasteiger partial charge in [-0.1, -0.05) is 13.8 Å². The van der Waals surface area contributed by atoms with Gasteiger partial charge in [-0.3, -0.25) is 4.98 Å². The minimum atomic E-state index is 0.288. The second kappa shape index (κ2) is 5.65. The molecular weight excluding hydrogens is 238 g/mol. The Bertz CT molecular complexity index is 539. The highest BCUT2D eigenvalue weighted by molar-refractivity contribution is 5.57. The average molecular weight is 257 g/mol. The predicted molar refractivity (Wildman–Crippen MR) is 76.9 cm³/mol. The van der Waals surface area contributed by atoms with Crippen molar-refractivity contribution in [2.75, 3.05) is 17.7 Å². The molecular formula is C14H19N5. The summed E-state index contributed by atoms with van der Waals surface area (Å²) in [5.74, 6) is 1.73. The molecule has 100 valence electrons. The molecule has 2 heterocycles. The molecule has 0 bridgehead atoms. The summed E-state index contributed by atoms with van der Waals surface area (Å²) in [7, 11) is 2.01. The van der Waals surface area contributed by atoms with Gasteiger partial charge in [0.1, 0.15) is 18.0 Å². The third-order valence-electron chi connectivity index (χ3n) is 3.00. The van der Waals surface area contributed by atoms with Crippen LogP contribution >= 0.6 is 0 Å². The van der Waals surface area contributed by atoms with E-state index in [2.05, 4.69) is 33.7 Å². The van der Waals surface area contributed by atoms with Crippen LogP contribution < -0.4 is 10.6 Å². The van der Waals surface area contributed by atoms with Gasteiger partial charge in [-0.2, -0.15) is 0 Å². The first-order chi connectivity index (χ1) is 9.09. The molecule has 0 atom stereocenters. The highest BCUT2D eigenvalue weighted by Crippen LogP contribution is 2.29. The zero-order valence-corrected chi connectivity index (χ0v) is 11.5. The van der Waals surface area contributed by atoms with Crippen LogP contribution in [0.25, 0.3) is 0 Å². The molecule has 0 amide bonds. The Labute approximate surface area is 113 Å². The summed E-state index contributed by atoms with van der Waals surface area (Å²) in [5, 5.41) is 0. The van der Waals surface area contributed by atoms with Crippen molar-refractivity contribution in [3.8, 4) is 0 Å². The molecule has 0 spiro atoms. The van der Waals surface area contributed by atoms with E-state index in [1.807, 2.05) is 19.2 Å². The van der Waals surface area contributed by atoms with E-state index in [1.165, 1.54) is 11.9 Å². The van der Waals surface area contributed by atoms with Crippen LogP contribution in [0.3, 0.4) is 0 Å². The number of nitrogens with zero attached hydrogens (tertiary/aromatic N) is 4. The minimum absolute atomic E-state index is 0.288. The molecule has 5 nitrogen and oxygen atoms in total. The first-order valence-electron chi connectivity index (χ1n) is 6.30. The molecule has 0 fully saturated rings. The minimum Gasteiger partial charge on any atom is -0.383 e. The predicted octanol–water partition coefficient (Wildman–Crippen LogP) is 2.21. The zero-order chi connectivity index (χ0) is 13.8. The van der Waals surface area contributed by atoms with Crippen molar-refractivity contribution in [3.63, 3.8) is 0 Å². The molecule has 2 rings (SSSR count). The lowest BCUT2D eigenvalue weighted by Crippen LogP contribution is -2.21. The number of nitrogens with two attached hydrogens (primary N) is 1. The smallest absolute Gasteiger partial charge is 0.137 e. The SMILES string of the molecule is CC(C)c1c(N)ncnc1N(C)Cc1ccncc1. The van der Waals surface area contributed by atoms with Crippen LogP contribution in [0.1, 0.15) is 30.9 Å². The second-order valence-corrected chi connectivity index (χ2v) is 4.86. The van der Waals surface area contributed by atoms with E-state index in [-0.39, 0.29) is 5.92 Å². The number of anilines is 2. The summed E-state index contributed by atoms with van der Waals surface area (Å²) in [4.78, 5) is 14.6. The zero-order valence-electron chi connectivity index (χ0n) is 11.5. The van der Waals surface area contributed by atoms with E-state index < -0.39 is 0 Å². The normalized spacial score (nSPS) is 10.7. The Kier molecular flexibility index (Phi) is 3.94. The number of hydrogen-bond acceptors (Lipinski definition) is 5. The third kappa shape index (κ3) is 2.99. The van der Waals surface area contributed by atoms with Crippen LogP contribution in [0, 0.1) is 0 Å². The van der Waals surface area contributed by atoms with Crippen molar-refractivity contribution in [3.05, 3.63) is 42.0 Å². The number of aromatic nitrogens is 3. The fraction of sp³-hybridized carbons (Fsp3) is 0.357. The van der Waals surface area contributed by atoms with Crippen molar-refractivity contribution in [2.45, 2.75) is 26.3 Å². The van der Waals surface area contributed by atoms with Crippen LogP contribution in [0.5, 0.6) is 0 Å². The van der Waals surface area contributed by atoms with E-state index in [4.69, 9.17) is 5.73 Å². The molecule has 0 aliphatic heterocycles. The standard InChI is InChI=1S/C14H19N5/c1-10(2)12-13(15)17-9-18-14(12)19(3)8-11-4-6-16-7-5-11/h4-7,9-10H,8H2,1-3H3,(H2,15,17,18). The first kappa shape index (κ1) is 13.3. The lowest BCUT2D eigenvalue weighted by atomic mass is 10.0. The van der Waals surface area contributed by atoms with Crippen LogP contribution in [0.4, 0.5) is 11.6 Å². The molecule has 0 unspecified atom stereocenters. The first-order valence-corrected chi connectivity index (χ1v) is 6.30. The fourth-order valence-electron chi connectivity index (χ4n) is 2.09. The van der Waals surface area contributed by atoms with Gasteiger partial charge in [-0.25, -0.2) is 9.97 Å². The number of rotatable bonds is 4. The van der Waals surface area contributed by atoms with E-state index in [9.17, 15) is 0 Å². The second-order valence-electron chi connectivity index (χ2n) is 4.86. The van der Waals surface area contributed by atoms with Gasteiger partial charge in [0.05, 0.1) is 0 Å². The molecule has 2 aromatic heterocycles. The lowest BCUT2D eigenvalue weighted by molar-refractivity contribution is 0.812. The van der Waals surface area contributed by atoms with Gasteiger partial charge < -0.3 is 10.6 Å². The number of nitrogen functional groups attached to an aromatic ring is 1. The summed E-state index contributed by atoms with van der Waals surface area (Å²) in [6.45, 7) is 4.95. The fourth-order valence-corrected chi connectivity index (χ4v) is 2.09. The van der Waals surface area contributed by atoms with Crippen molar-refractivity contribution < 1.29 is 0 Å². The van der Waals surface area contributed by atoms with Crippen molar-refractivity contribution in [1.29, 1.82) is 0 Å². The van der Waals surface area contributed by atoms with Gasteiger partial charge in [0, 0.05) is 31.5 Å².